The van der Waals surface area contributed by atoms with E-state index in [1.807, 2.05) is 0 Å². The van der Waals surface area contributed by atoms with Crippen LogP contribution in [0.5, 0.6) is 0 Å². The highest BCUT2D eigenvalue weighted by Gasteiger charge is 2.21. The van der Waals surface area contributed by atoms with Crippen molar-refractivity contribution in [1.29, 1.82) is 0 Å². The Morgan fingerprint density at radius 1 is 1.53 bits per heavy atom. The van der Waals surface area contributed by atoms with Gasteiger partial charge in [-0.1, -0.05) is 0 Å². The summed E-state index contributed by atoms with van der Waals surface area (Å²) in [6.07, 6.45) is 2.29. The van der Waals surface area contributed by atoms with Gasteiger partial charge in [-0.3, -0.25) is 0 Å². The standard InChI is InChI=1S/C12H16BrFN2O/c1-17-8-3-2-4-16(7-8)12-6-10(14)9(13)5-11(12)15/h5-6,8H,2-4,7,15H2,1H3. The van der Waals surface area contributed by atoms with Crippen LogP contribution in [0.15, 0.2) is 16.6 Å². The first-order valence-corrected chi connectivity index (χ1v) is 6.43. The Balaban J connectivity index is 2.24. The number of methoxy groups -OCH3 is 1. The smallest absolute Gasteiger partial charge is 0.139 e. The van der Waals surface area contributed by atoms with Crippen LogP contribution in [0.2, 0.25) is 0 Å². The number of nitrogen functional groups attached to an aromatic ring is 1. The molecule has 3 nitrogen and oxygen atoms in total. The van der Waals surface area contributed by atoms with Crippen molar-refractivity contribution in [3.8, 4) is 0 Å². The van der Waals surface area contributed by atoms with Crippen LogP contribution in [-0.4, -0.2) is 26.3 Å². The lowest BCUT2D eigenvalue weighted by molar-refractivity contribution is 0.0893. The molecule has 0 saturated carbocycles. The number of piperidine rings is 1. The molecule has 1 unspecified atom stereocenters. The molecule has 1 heterocycles. The molecule has 0 aliphatic carbocycles. The lowest BCUT2D eigenvalue weighted by Crippen LogP contribution is -2.39. The lowest BCUT2D eigenvalue weighted by atomic mass is 10.1. The SMILES string of the molecule is COC1CCCN(c2cc(F)c(Br)cc2N)C1. The maximum Gasteiger partial charge on any atom is 0.139 e. The molecule has 2 rings (SSSR count). The number of benzene rings is 1. The molecule has 2 N–H and O–H groups in total. The summed E-state index contributed by atoms with van der Waals surface area (Å²) in [7, 11) is 1.71. The molecule has 1 aliphatic rings. The highest BCUT2D eigenvalue weighted by Crippen LogP contribution is 2.31. The van der Waals surface area contributed by atoms with Gasteiger partial charge in [-0.2, -0.15) is 0 Å². The van der Waals surface area contributed by atoms with Gasteiger partial charge < -0.3 is 15.4 Å². The summed E-state index contributed by atoms with van der Waals surface area (Å²) >= 11 is 3.13. The zero-order valence-electron chi connectivity index (χ0n) is 9.75. The van der Waals surface area contributed by atoms with Gasteiger partial charge in [0.2, 0.25) is 0 Å². The normalized spacial score (nSPS) is 20.6. The van der Waals surface area contributed by atoms with Crippen LogP contribution in [0.3, 0.4) is 0 Å². The van der Waals surface area contributed by atoms with Crippen molar-refractivity contribution in [1.82, 2.24) is 0 Å². The van der Waals surface area contributed by atoms with Crippen molar-refractivity contribution in [2.24, 2.45) is 0 Å². The summed E-state index contributed by atoms with van der Waals surface area (Å²) in [4.78, 5) is 2.09. The Kier molecular flexibility index (Phi) is 3.89. The quantitative estimate of drug-likeness (QED) is 0.854. The van der Waals surface area contributed by atoms with E-state index in [1.165, 1.54) is 6.07 Å². The van der Waals surface area contributed by atoms with Crippen LogP contribution < -0.4 is 10.6 Å². The van der Waals surface area contributed by atoms with Gasteiger partial charge in [0.05, 0.1) is 22.0 Å². The Labute approximate surface area is 109 Å². The van der Waals surface area contributed by atoms with E-state index in [4.69, 9.17) is 10.5 Å². The largest absolute Gasteiger partial charge is 0.397 e. The summed E-state index contributed by atoms with van der Waals surface area (Å²) in [6, 6.07) is 3.10. The maximum atomic E-state index is 13.5. The Morgan fingerprint density at radius 2 is 2.29 bits per heavy atom. The van der Waals surface area contributed by atoms with E-state index in [-0.39, 0.29) is 11.9 Å². The molecule has 1 aliphatic heterocycles. The molecule has 1 aromatic carbocycles. The van der Waals surface area contributed by atoms with E-state index < -0.39 is 0 Å². The first kappa shape index (κ1) is 12.6. The summed E-state index contributed by atoms with van der Waals surface area (Å²) in [6.45, 7) is 1.66. The predicted molar refractivity (Wildman–Crippen MR) is 70.8 cm³/mol. The van der Waals surface area contributed by atoms with E-state index in [1.54, 1.807) is 13.2 Å². The number of hydrogen-bond donors (Lipinski definition) is 1. The molecule has 17 heavy (non-hydrogen) atoms. The summed E-state index contributed by atoms with van der Waals surface area (Å²) < 4.78 is 19.3. The third kappa shape index (κ3) is 2.72. The Hall–Kier alpha value is -0.810. The van der Waals surface area contributed by atoms with Gasteiger partial charge >= 0.3 is 0 Å². The van der Waals surface area contributed by atoms with E-state index >= 15 is 0 Å². The number of ether oxygens (including phenoxy) is 1. The third-order valence-electron chi connectivity index (χ3n) is 3.12. The van der Waals surface area contributed by atoms with Gasteiger partial charge in [0, 0.05) is 26.3 Å². The lowest BCUT2D eigenvalue weighted by Gasteiger charge is -2.34. The average Bonchev–Trinajstić information content (AvgIpc) is 2.34. The fourth-order valence-corrected chi connectivity index (χ4v) is 2.54. The van der Waals surface area contributed by atoms with E-state index in [0.29, 0.717) is 10.2 Å². The molecule has 0 bridgehead atoms. The zero-order valence-corrected chi connectivity index (χ0v) is 11.3. The molecule has 0 spiro atoms. The minimum atomic E-state index is -0.284. The van der Waals surface area contributed by atoms with E-state index in [0.717, 1.165) is 31.6 Å². The molecule has 1 fully saturated rings. The van der Waals surface area contributed by atoms with Gasteiger partial charge in [0.1, 0.15) is 5.82 Å². The van der Waals surface area contributed by atoms with Crippen molar-refractivity contribution in [2.45, 2.75) is 18.9 Å². The van der Waals surface area contributed by atoms with Crippen LogP contribution in [0, 0.1) is 5.82 Å². The fraction of sp³-hybridized carbons (Fsp3) is 0.500. The first-order chi connectivity index (χ1) is 8.11. The van der Waals surface area contributed by atoms with Gasteiger partial charge in [-0.15, -0.1) is 0 Å². The topological polar surface area (TPSA) is 38.5 Å². The summed E-state index contributed by atoms with van der Waals surface area (Å²) in [5.41, 5.74) is 7.28. The molecular weight excluding hydrogens is 287 g/mol. The highest BCUT2D eigenvalue weighted by atomic mass is 79.9. The second-order valence-electron chi connectivity index (χ2n) is 4.27. The Morgan fingerprint density at radius 3 is 3.00 bits per heavy atom. The van der Waals surface area contributed by atoms with E-state index in [2.05, 4.69) is 20.8 Å². The van der Waals surface area contributed by atoms with Gasteiger partial charge in [-0.25, -0.2) is 4.39 Å². The molecule has 1 saturated heterocycles. The van der Waals surface area contributed by atoms with Gasteiger partial charge in [0.25, 0.3) is 0 Å². The zero-order chi connectivity index (χ0) is 12.4. The summed E-state index contributed by atoms with van der Waals surface area (Å²) in [5, 5.41) is 0. The average molecular weight is 303 g/mol. The number of nitrogens with zero attached hydrogens (tertiary/aromatic N) is 1. The van der Waals surface area contributed by atoms with Crippen LogP contribution in [0.25, 0.3) is 0 Å². The number of halogens is 2. The molecule has 0 aromatic heterocycles. The van der Waals surface area contributed by atoms with Crippen LogP contribution in [0.1, 0.15) is 12.8 Å². The molecule has 1 atom stereocenters. The second-order valence-corrected chi connectivity index (χ2v) is 5.13. The van der Waals surface area contributed by atoms with Crippen LogP contribution in [0.4, 0.5) is 15.8 Å². The second kappa shape index (κ2) is 5.23. The van der Waals surface area contributed by atoms with Crippen molar-refractivity contribution in [2.75, 3.05) is 30.8 Å². The van der Waals surface area contributed by atoms with Gasteiger partial charge in [-0.05, 0) is 34.8 Å². The van der Waals surface area contributed by atoms with Gasteiger partial charge in [0.15, 0.2) is 0 Å². The van der Waals surface area contributed by atoms with E-state index in [9.17, 15) is 4.39 Å². The van der Waals surface area contributed by atoms with Crippen LogP contribution >= 0.6 is 15.9 Å². The molecule has 0 radical (unpaired) electrons. The molecule has 1 aromatic rings. The van der Waals surface area contributed by atoms with Crippen molar-refractivity contribution in [3.05, 3.63) is 22.4 Å². The molecular formula is C12H16BrFN2O. The number of rotatable bonds is 2. The monoisotopic (exact) mass is 302 g/mol. The molecule has 94 valence electrons. The van der Waals surface area contributed by atoms with Crippen molar-refractivity contribution >= 4 is 27.3 Å². The molecule has 5 heteroatoms. The predicted octanol–water partition coefficient (Wildman–Crippen LogP) is 2.79. The number of anilines is 2. The van der Waals surface area contributed by atoms with Crippen LogP contribution in [-0.2, 0) is 4.74 Å². The third-order valence-corrected chi connectivity index (χ3v) is 3.73. The minimum absolute atomic E-state index is 0.204. The maximum absolute atomic E-state index is 13.5. The Bertz CT molecular complexity index is 414. The fourth-order valence-electron chi connectivity index (χ4n) is 2.17. The molecule has 0 amide bonds. The summed E-state index contributed by atoms with van der Waals surface area (Å²) in [5.74, 6) is -0.284. The van der Waals surface area contributed by atoms with Crippen molar-refractivity contribution < 1.29 is 9.13 Å². The number of hydrogen-bond acceptors (Lipinski definition) is 3. The minimum Gasteiger partial charge on any atom is -0.397 e. The highest BCUT2D eigenvalue weighted by molar-refractivity contribution is 9.10. The van der Waals surface area contributed by atoms with Crippen molar-refractivity contribution in [3.63, 3.8) is 0 Å². The number of nitrogens with two attached hydrogens (primary N) is 1. The first-order valence-electron chi connectivity index (χ1n) is 5.64.